The maximum absolute atomic E-state index is 13.1. The normalized spacial score (nSPS) is 17.9. The molecule has 9 heteroatoms. The Labute approximate surface area is 179 Å². The number of carbonyl (C=O) groups is 3. The van der Waals surface area contributed by atoms with Crippen LogP contribution in [0.5, 0.6) is 0 Å². The molecule has 1 aromatic heterocycles. The standard InChI is InChI=1S/C22H27N5O4/c1-2-3-9-14-26-19(29)16-11-6-5-10-15(16)17(24-26)18(28)25-27-20(30)22(23-21(27)31)12-7-4-8-13-22/h5-6,10-11H,2-4,7-9,12-14H2,1H3,(H,23,31)(H,25,28). The van der Waals surface area contributed by atoms with E-state index < -0.39 is 23.4 Å². The number of nitrogens with zero attached hydrogens (tertiary/aromatic N) is 3. The molecule has 1 spiro atoms. The van der Waals surface area contributed by atoms with E-state index in [1.54, 1.807) is 24.3 Å². The third kappa shape index (κ3) is 3.80. The zero-order chi connectivity index (χ0) is 22.0. The number of hydrazine groups is 1. The summed E-state index contributed by atoms with van der Waals surface area (Å²) in [5.41, 5.74) is 1.24. The summed E-state index contributed by atoms with van der Waals surface area (Å²) in [7, 11) is 0. The van der Waals surface area contributed by atoms with Gasteiger partial charge in [0.2, 0.25) is 0 Å². The molecule has 2 fully saturated rings. The highest BCUT2D eigenvalue weighted by molar-refractivity contribution is 6.11. The summed E-state index contributed by atoms with van der Waals surface area (Å²) in [6, 6.07) is 6.10. The number of urea groups is 1. The zero-order valence-electron chi connectivity index (χ0n) is 17.6. The Kier molecular flexibility index (Phi) is 5.75. The lowest BCUT2D eigenvalue weighted by Gasteiger charge is -2.30. The molecule has 2 aromatic rings. The molecule has 2 N–H and O–H groups in total. The second-order valence-corrected chi connectivity index (χ2v) is 8.28. The van der Waals surface area contributed by atoms with E-state index in [1.165, 1.54) is 4.68 Å². The van der Waals surface area contributed by atoms with Gasteiger partial charge in [-0.3, -0.25) is 19.8 Å². The maximum atomic E-state index is 13.1. The number of amides is 4. The maximum Gasteiger partial charge on any atom is 0.344 e. The van der Waals surface area contributed by atoms with Gasteiger partial charge >= 0.3 is 6.03 Å². The van der Waals surface area contributed by atoms with Gasteiger partial charge in [0.15, 0.2) is 5.69 Å². The molecule has 4 amide bonds. The molecule has 2 heterocycles. The van der Waals surface area contributed by atoms with Crippen molar-refractivity contribution in [2.24, 2.45) is 0 Å². The van der Waals surface area contributed by atoms with Crippen LogP contribution in [-0.4, -0.2) is 38.2 Å². The summed E-state index contributed by atoms with van der Waals surface area (Å²) < 4.78 is 1.29. The van der Waals surface area contributed by atoms with Crippen molar-refractivity contribution in [2.75, 3.05) is 0 Å². The SMILES string of the molecule is CCCCCn1nc(C(=O)NN2C(=O)NC3(CCCCC3)C2=O)c2ccccc2c1=O. The van der Waals surface area contributed by atoms with E-state index in [-0.39, 0.29) is 11.3 Å². The number of rotatable bonds is 6. The molecule has 2 aliphatic rings. The minimum Gasteiger partial charge on any atom is -0.322 e. The van der Waals surface area contributed by atoms with Crippen LogP contribution in [0.1, 0.15) is 68.8 Å². The van der Waals surface area contributed by atoms with E-state index in [2.05, 4.69) is 22.8 Å². The second kappa shape index (κ2) is 8.49. The summed E-state index contributed by atoms with van der Waals surface area (Å²) in [6.45, 7) is 2.46. The van der Waals surface area contributed by atoms with Crippen LogP contribution in [0.15, 0.2) is 29.1 Å². The van der Waals surface area contributed by atoms with Gasteiger partial charge in [0.05, 0.1) is 5.39 Å². The molecule has 1 saturated carbocycles. The Morgan fingerprint density at radius 3 is 2.52 bits per heavy atom. The monoisotopic (exact) mass is 425 g/mol. The fourth-order valence-corrected chi connectivity index (χ4v) is 4.44. The van der Waals surface area contributed by atoms with E-state index in [0.29, 0.717) is 30.2 Å². The third-order valence-corrected chi connectivity index (χ3v) is 6.14. The molecule has 31 heavy (non-hydrogen) atoms. The molecular weight excluding hydrogens is 398 g/mol. The Morgan fingerprint density at radius 1 is 1.10 bits per heavy atom. The average Bonchev–Trinajstić information content (AvgIpc) is 2.99. The van der Waals surface area contributed by atoms with Crippen molar-refractivity contribution in [3.8, 4) is 0 Å². The molecule has 1 saturated heterocycles. The summed E-state index contributed by atoms with van der Waals surface area (Å²) >= 11 is 0. The van der Waals surface area contributed by atoms with Gasteiger partial charge in [-0.25, -0.2) is 9.48 Å². The molecule has 0 atom stereocenters. The van der Waals surface area contributed by atoms with Crippen LogP contribution >= 0.6 is 0 Å². The molecule has 9 nitrogen and oxygen atoms in total. The van der Waals surface area contributed by atoms with Gasteiger partial charge in [-0.1, -0.05) is 57.2 Å². The number of fused-ring (bicyclic) bond motifs is 1. The first-order chi connectivity index (χ1) is 15.0. The molecule has 4 rings (SSSR count). The van der Waals surface area contributed by atoms with Gasteiger partial charge in [-0.2, -0.15) is 10.1 Å². The van der Waals surface area contributed by atoms with Crippen molar-refractivity contribution in [3.05, 3.63) is 40.3 Å². The number of carbonyl (C=O) groups excluding carboxylic acids is 3. The Bertz CT molecular complexity index is 1090. The molecule has 1 aromatic carbocycles. The van der Waals surface area contributed by atoms with Crippen LogP contribution in [0.3, 0.4) is 0 Å². The van der Waals surface area contributed by atoms with Gasteiger partial charge in [0, 0.05) is 11.9 Å². The Hall–Kier alpha value is -3.23. The van der Waals surface area contributed by atoms with Crippen LogP contribution in [0.2, 0.25) is 0 Å². The lowest BCUT2D eigenvalue weighted by molar-refractivity contribution is -0.134. The fourth-order valence-electron chi connectivity index (χ4n) is 4.44. The molecule has 164 valence electrons. The van der Waals surface area contributed by atoms with Gasteiger partial charge < -0.3 is 5.32 Å². The van der Waals surface area contributed by atoms with Crippen molar-refractivity contribution >= 4 is 28.6 Å². The van der Waals surface area contributed by atoms with Gasteiger partial charge in [-0.15, -0.1) is 0 Å². The molecule has 0 bridgehead atoms. The van der Waals surface area contributed by atoms with E-state index in [1.807, 2.05) is 0 Å². The molecule has 0 unspecified atom stereocenters. The topological polar surface area (TPSA) is 113 Å². The number of aromatic nitrogens is 2. The highest BCUT2D eigenvalue weighted by Crippen LogP contribution is 2.33. The van der Waals surface area contributed by atoms with Crippen LogP contribution in [-0.2, 0) is 11.3 Å². The number of imide groups is 1. The van der Waals surface area contributed by atoms with Crippen molar-refractivity contribution in [1.82, 2.24) is 25.5 Å². The van der Waals surface area contributed by atoms with Gasteiger partial charge in [-0.05, 0) is 25.3 Å². The minimum atomic E-state index is -0.933. The zero-order valence-corrected chi connectivity index (χ0v) is 17.6. The molecule has 1 aliphatic heterocycles. The summed E-state index contributed by atoms with van der Waals surface area (Å²) in [5.74, 6) is -1.14. The quantitative estimate of drug-likeness (QED) is 0.545. The van der Waals surface area contributed by atoms with Crippen molar-refractivity contribution in [3.63, 3.8) is 0 Å². The Morgan fingerprint density at radius 2 is 1.81 bits per heavy atom. The number of unbranched alkanes of at least 4 members (excludes halogenated alkanes) is 2. The highest BCUT2D eigenvalue weighted by atomic mass is 16.2. The van der Waals surface area contributed by atoms with E-state index >= 15 is 0 Å². The predicted octanol–water partition coefficient (Wildman–Crippen LogP) is 2.49. The third-order valence-electron chi connectivity index (χ3n) is 6.14. The van der Waals surface area contributed by atoms with Crippen LogP contribution in [0.25, 0.3) is 10.8 Å². The van der Waals surface area contributed by atoms with Crippen molar-refractivity contribution in [1.29, 1.82) is 0 Å². The van der Waals surface area contributed by atoms with Crippen LogP contribution in [0.4, 0.5) is 4.79 Å². The summed E-state index contributed by atoms with van der Waals surface area (Å²) in [4.78, 5) is 51.4. The van der Waals surface area contributed by atoms with Gasteiger partial charge in [0.1, 0.15) is 5.54 Å². The number of hydrogen-bond donors (Lipinski definition) is 2. The first-order valence-corrected chi connectivity index (χ1v) is 10.9. The number of aryl methyl sites for hydroxylation is 1. The smallest absolute Gasteiger partial charge is 0.322 e. The molecule has 0 radical (unpaired) electrons. The van der Waals surface area contributed by atoms with Gasteiger partial charge in [0.25, 0.3) is 17.4 Å². The first-order valence-electron chi connectivity index (χ1n) is 10.9. The minimum absolute atomic E-state index is 0.0110. The predicted molar refractivity (Wildman–Crippen MR) is 114 cm³/mol. The Balaban J connectivity index is 1.64. The fraction of sp³-hybridized carbons (Fsp3) is 0.500. The summed E-state index contributed by atoms with van der Waals surface area (Å²) in [5, 5.41) is 8.58. The molecule has 1 aliphatic carbocycles. The molecular formula is C22H27N5O4. The number of benzene rings is 1. The summed E-state index contributed by atoms with van der Waals surface area (Å²) in [6.07, 6.45) is 6.54. The van der Waals surface area contributed by atoms with E-state index in [4.69, 9.17) is 0 Å². The average molecular weight is 425 g/mol. The van der Waals surface area contributed by atoms with Crippen molar-refractivity contribution < 1.29 is 14.4 Å². The highest BCUT2D eigenvalue weighted by Gasteiger charge is 2.52. The first kappa shape index (κ1) is 21.0. The van der Waals surface area contributed by atoms with E-state index in [0.717, 1.165) is 43.5 Å². The number of nitrogens with one attached hydrogen (secondary N) is 2. The van der Waals surface area contributed by atoms with Crippen LogP contribution in [0, 0.1) is 0 Å². The lowest BCUT2D eigenvalue weighted by Crippen LogP contribution is -2.51. The second-order valence-electron chi connectivity index (χ2n) is 8.28. The lowest BCUT2D eigenvalue weighted by atomic mass is 9.82. The largest absolute Gasteiger partial charge is 0.344 e. The van der Waals surface area contributed by atoms with Crippen LogP contribution < -0.4 is 16.3 Å². The van der Waals surface area contributed by atoms with Crippen molar-refractivity contribution in [2.45, 2.75) is 70.4 Å². The van der Waals surface area contributed by atoms with E-state index in [9.17, 15) is 19.2 Å². The number of hydrogen-bond acceptors (Lipinski definition) is 5.